The fraction of sp³-hybridized carbons (Fsp3) is 0.667. The second kappa shape index (κ2) is 9.38. The molecule has 0 aromatic heterocycles. The van der Waals surface area contributed by atoms with E-state index in [1.54, 1.807) is 0 Å². The van der Waals surface area contributed by atoms with Gasteiger partial charge in [0.2, 0.25) is 0 Å². The van der Waals surface area contributed by atoms with Gasteiger partial charge in [0.1, 0.15) is 0 Å². The second-order valence-electron chi connectivity index (χ2n) is 8.11. The first-order valence-electron chi connectivity index (χ1n) is 10.1. The third kappa shape index (κ3) is 5.71. The number of hydrogen-bond acceptors (Lipinski definition) is 3. The number of rotatable bonds is 5. The molecule has 0 spiro atoms. The molecule has 2 fully saturated rings. The summed E-state index contributed by atoms with van der Waals surface area (Å²) in [7, 11) is 0. The highest BCUT2D eigenvalue weighted by Crippen LogP contribution is 2.15. The lowest BCUT2D eigenvalue weighted by Gasteiger charge is -2.36. The molecule has 0 radical (unpaired) electrons. The van der Waals surface area contributed by atoms with Gasteiger partial charge in [-0.2, -0.15) is 0 Å². The highest BCUT2D eigenvalue weighted by Gasteiger charge is 2.23. The highest BCUT2D eigenvalue weighted by molar-refractivity contribution is 5.74. The maximum absolute atomic E-state index is 12.6. The van der Waals surface area contributed by atoms with Crippen molar-refractivity contribution in [3.05, 3.63) is 35.9 Å². The Hall–Kier alpha value is -1.59. The number of nitrogens with one attached hydrogen (secondary N) is 1. The average Bonchev–Trinajstić information content (AvgIpc) is 2.63. The molecule has 1 N–H and O–H groups in total. The number of piperazine rings is 1. The van der Waals surface area contributed by atoms with Gasteiger partial charge in [0.25, 0.3) is 0 Å². The van der Waals surface area contributed by atoms with E-state index in [2.05, 4.69) is 59.3 Å². The van der Waals surface area contributed by atoms with Gasteiger partial charge in [0.05, 0.1) is 0 Å². The van der Waals surface area contributed by atoms with Crippen LogP contribution in [0.3, 0.4) is 0 Å². The van der Waals surface area contributed by atoms with Crippen LogP contribution >= 0.6 is 0 Å². The van der Waals surface area contributed by atoms with Crippen molar-refractivity contribution in [2.75, 3.05) is 45.8 Å². The predicted molar refractivity (Wildman–Crippen MR) is 106 cm³/mol. The molecule has 1 aromatic carbocycles. The number of piperidine rings is 1. The van der Waals surface area contributed by atoms with E-state index in [9.17, 15) is 4.79 Å². The Morgan fingerprint density at radius 2 is 1.85 bits per heavy atom. The zero-order valence-corrected chi connectivity index (χ0v) is 16.4. The van der Waals surface area contributed by atoms with E-state index in [1.165, 1.54) is 31.5 Å². The molecule has 2 aliphatic heterocycles. The van der Waals surface area contributed by atoms with Crippen molar-refractivity contribution in [3.8, 4) is 0 Å². The van der Waals surface area contributed by atoms with Gasteiger partial charge < -0.3 is 15.1 Å². The molecular weight excluding hydrogens is 324 g/mol. The summed E-state index contributed by atoms with van der Waals surface area (Å²) in [6.45, 7) is 12.2. The van der Waals surface area contributed by atoms with Crippen molar-refractivity contribution in [3.63, 3.8) is 0 Å². The summed E-state index contributed by atoms with van der Waals surface area (Å²) >= 11 is 0. The molecule has 5 nitrogen and oxygen atoms in total. The zero-order chi connectivity index (χ0) is 18.4. The Kier molecular flexibility index (Phi) is 6.92. The van der Waals surface area contributed by atoms with Crippen LogP contribution in [0.5, 0.6) is 0 Å². The molecule has 1 aromatic rings. The molecule has 26 heavy (non-hydrogen) atoms. The van der Waals surface area contributed by atoms with Crippen LogP contribution in [-0.4, -0.2) is 72.6 Å². The standard InChI is InChI=1S/C21H34N4O/c1-18-7-6-10-24(15-18)16-19(2)22-21(26)25-13-11-23(12-14-25)17-20-8-4-3-5-9-20/h3-5,8-9,18-19H,6-7,10-17H2,1-2H3,(H,22,26). The molecular formula is C21H34N4O. The quantitative estimate of drug-likeness (QED) is 0.879. The van der Waals surface area contributed by atoms with Crippen LogP contribution in [0.1, 0.15) is 32.3 Å². The van der Waals surface area contributed by atoms with Crippen LogP contribution < -0.4 is 5.32 Å². The molecule has 3 rings (SSSR count). The summed E-state index contributed by atoms with van der Waals surface area (Å²) < 4.78 is 0. The smallest absolute Gasteiger partial charge is 0.317 e. The number of nitrogens with zero attached hydrogens (tertiary/aromatic N) is 3. The third-order valence-corrected chi connectivity index (χ3v) is 5.55. The number of amides is 2. The Balaban J connectivity index is 1.37. The lowest BCUT2D eigenvalue weighted by Crippen LogP contribution is -2.54. The largest absolute Gasteiger partial charge is 0.334 e. The van der Waals surface area contributed by atoms with Crippen LogP contribution in [0.4, 0.5) is 4.79 Å². The maximum atomic E-state index is 12.6. The zero-order valence-electron chi connectivity index (χ0n) is 16.4. The minimum atomic E-state index is 0.0990. The first kappa shape index (κ1) is 19.2. The van der Waals surface area contributed by atoms with Gasteiger partial charge in [-0.25, -0.2) is 4.79 Å². The van der Waals surface area contributed by atoms with E-state index in [0.717, 1.165) is 45.2 Å². The maximum Gasteiger partial charge on any atom is 0.317 e. The SMILES string of the molecule is CC1CCCN(CC(C)NC(=O)N2CCN(Cc3ccccc3)CC2)C1. The molecule has 144 valence electrons. The van der Waals surface area contributed by atoms with Crippen LogP contribution in [0, 0.1) is 5.92 Å². The number of likely N-dealkylation sites (tertiary alicyclic amines) is 1. The number of carbonyl (C=O) groups is 1. The van der Waals surface area contributed by atoms with Crippen molar-refractivity contribution in [2.24, 2.45) is 5.92 Å². The lowest BCUT2D eigenvalue weighted by atomic mass is 10.00. The van der Waals surface area contributed by atoms with E-state index in [-0.39, 0.29) is 12.1 Å². The van der Waals surface area contributed by atoms with Crippen molar-refractivity contribution in [1.82, 2.24) is 20.0 Å². The summed E-state index contributed by atoms with van der Waals surface area (Å²) in [5, 5.41) is 3.20. The van der Waals surface area contributed by atoms with Crippen molar-refractivity contribution in [1.29, 1.82) is 0 Å². The van der Waals surface area contributed by atoms with Gasteiger partial charge >= 0.3 is 6.03 Å². The number of carbonyl (C=O) groups excluding carboxylic acids is 1. The van der Waals surface area contributed by atoms with E-state index in [1.807, 2.05) is 4.90 Å². The van der Waals surface area contributed by atoms with E-state index in [0.29, 0.717) is 0 Å². The molecule has 2 amide bonds. The third-order valence-electron chi connectivity index (χ3n) is 5.55. The van der Waals surface area contributed by atoms with Crippen molar-refractivity contribution >= 4 is 6.03 Å². The first-order valence-corrected chi connectivity index (χ1v) is 10.1. The number of benzene rings is 1. The lowest BCUT2D eigenvalue weighted by molar-refractivity contribution is 0.129. The Morgan fingerprint density at radius 1 is 1.12 bits per heavy atom. The van der Waals surface area contributed by atoms with Crippen LogP contribution in [0.15, 0.2) is 30.3 Å². The van der Waals surface area contributed by atoms with E-state index < -0.39 is 0 Å². The molecule has 2 atom stereocenters. The summed E-state index contributed by atoms with van der Waals surface area (Å²) in [6, 6.07) is 10.9. The van der Waals surface area contributed by atoms with Gasteiger partial charge in [-0.1, -0.05) is 37.3 Å². The molecule has 5 heteroatoms. The second-order valence-corrected chi connectivity index (χ2v) is 8.11. The van der Waals surface area contributed by atoms with Crippen molar-refractivity contribution < 1.29 is 4.79 Å². The molecule has 0 bridgehead atoms. The Morgan fingerprint density at radius 3 is 2.54 bits per heavy atom. The van der Waals surface area contributed by atoms with Gasteiger partial charge in [-0.05, 0) is 37.8 Å². The van der Waals surface area contributed by atoms with E-state index >= 15 is 0 Å². The van der Waals surface area contributed by atoms with Gasteiger partial charge in [-0.15, -0.1) is 0 Å². The number of urea groups is 1. The highest BCUT2D eigenvalue weighted by atomic mass is 16.2. The molecule has 2 saturated heterocycles. The van der Waals surface area contributed by atoms with Gasteiger partial charge in [-0.3, -0.25) is 4.90 Å². The van der Waals surface area contributed by atoms with Crippen LogP contribution in [-0.2, 0) is 6.54 Å². The molecule has 2 heterocycles. The predicted octanol–water partition coefficient (Wildman–Crippen LogP) is 2.63. The fourth-order valence-electron chi connectivity index (χ4n) is 4.14. The monoisotopic (exact) mass is 358 g/mol. The van der Waals surface area contributed by atoms with Gasteiger partial charge in [0.15, 0.2) is 0 Å². The summed E-state index contributed by atoms with van der Waals surface area (Å²) in [4.78, 5) is 19.5. The summed E-state index contributed by atoms with van der Waals surface area (Å²) in [6.07, 6.45) is 2.62. The minimum Gasteiger partial charge on any atom is -0.334 e. The van der Waals surface area contributed by atoms with Crippen LogP contribution in [0.25, 0.3) is 0 Å². The first-order chi connectivity index (χ1) is 12.6. The molecule has 2 aliphatic rings. The summed E-state index contributed by atoms with van der Waals surface area (Å²) in [5.74, 6) is 0.782. The minimum absolute atomic E-state index is 0.0990. The summed E-state index contributed by atoms with van der Waals surface area (Å²) in [5.41, 5.74) is 1.34. The Bertz CT molecular complexity index is 556. The topological polar surface area (TPSA) is 38.8 Å². The van der Waals surface area contributed by atoms with Crippen LogP contribution in [0.2, 0.25) is 0 Å². The Labute approximate surface area is 158 Å². The average molecular weight is 359 g/mol. The molecule has 2 unspecified atom stereocenters. The van der Waals surface area contributed by atoms with E-state index in [4.69, 9.17) is 0 Å². The van der Waals surface area contributed by atoms with Gasteiger partial charge in [0, 0.05) is 51.9 Å². The fourth-order valence-corrected chi connectivity index (χ4v) is 4.14. The van der Waals surface area contributed by atoms with Crippen molar-refractivity contribution in [2.45, 2.75) is 39.3 Å². The molecule has 0 aliphatic carbocycles. The number of hydrogen-bond donors (Lipinski definition) is 1. The normalized spacial score (nSPS) is 23.6. The molecule has 0 saturated carbocycles.